The van der Waals surface area contributed by atoms with Gasteiger partial charge in [0.2, 0.25) is 5.91 Å². The molecule has 0 radical (unpaired) electrons. The monoisotopic (exact) mass is 297 g/mol. The summed E-state index contributed by atoms with van der Waals surface area (Å²) in [7, 11) is 0. The normalized spacial score (nSPS) is 22.2. The van der Waals surface area contributed by atoms with Gasteiger partial charge in [-0.15, -0.1) is 0 Å². The molecule has 1 rings (SSSR count). The number of hydrogen-bond donors (Lipinski definition) is 0. The smallest absolute Gasteiger partial charge is 0.416 e. The Labute approximate surface area is 90.7 Å². The molecule has 0 saturated carbocycles. The highest BCUT2D eigenvalue weighted by Crippen LogP contribution is 2.21. The molecule has 2 amide bonds. The Kier molecular flexibility index (Phi) is 3.95. The van der Waals surface area contributed by atoms with Crippen LogP contribution in [0.4, 0.5) is 4.79 Å². The molecule has 0 aromatic carbocycles. The molecule has 0 spiro atoms. The Morgan fingerprint density at radius 1 is 1.77 bits per heavy atom. The molecule has 0 bridgehead atoms. The molecule has 0 aromatic rings. The van der Waals surface area contributed by atoms with Gasteiger partial charge in [-0.1, -0.05) is 22.6 Å². The van der Waals surface area contributed by atoms with Crippen LogP contribution in [-0.2, 0) is 9.53 Å². The van der Waals surface area contributed by atoms with E-state index in [0.717, 1.165) is 10.8 Å². The molecule has 0 N–H and O–H groups in total. The SMILES string of the molecule is CCOC(=O)N1C(=O)CCC1CI. The Morgan fingerprint density at radius 2 is 2.46 bits per heavy atom. The summed E-state index contributed by atoms with van der Waals surface area (Å²) < 4.78 is 5.57. The van der Waals surface area contributed by atoms with E-state index in [1.54, 1.807) is 6.92 Å². The van der Waals surface area contributed by atoms with Crippen molar-refractivity contribution in [2.24, 2.45) is 0 Å². The molecule has 1 saturated heterocycles. The van der Waals surface area contributed by atoms with E-state index in [1.807, 2.05) is 0 Å². The van der Waals surface area contributed by atoms with Crippen molar-refractivity contribution in [2.45, 2.75) is 25.8 Å². The van der Waals surface area contributed by atoms with Crippen molar-refractivity contribution < 1.29 is 14.3 Å². The van der Waals surface area contributed by atoms with E-state index in [0.29, 0.717) is 13.0 Å². The summed E-state index contributed by atoms with van der Waals surface area (Å²) in [6.07, 6.45) is 0.735. The average molecular weight is 297 g/mol. The zero-order valence-electron chi connectivity index (χ0n) is 7.46. The lowest BCUT2D eigenvalue weighted by molar-refractivity contribution is -0.127. The maximum Gasteiger partial charge on any atom is 0.416 e. The standard InChI is InChI=1S/C8H12INO3/c1-2-13-8(12)10-6(5-9)3-4-7(10)11/h6H,2-5H2,1H3. The van der Waals surface area contributed by atoms with Gasteiger partial charge in [0.05, 0.1) is 12.6 Å². The fourth-order valence-corrected chi connectivity index (χ4v) is 2.17. The molecule has 1 fully saturated rings. The first-order chi connectivity index (χ1) is 6.20. The second-order valence-electron chi connectivity index (χ2n) is 2.81. The molecule has 1 heterocycles. The number of rotatable bonds is 2. The van der Waals surface area contributed by atoms with Crippen LogP contribution in [0.1, 0.15) is 19.8 Å². The lowest BCUT2D eigenvalue weighted by Gasteiger charge is -2.19. The molecule has 1 unspecified atom stereocenters. The second kappa shape index (κ2) is 4.78. The van der Waals surface area contributed by atoms with Crippen LogP contribution < -0.4 is 0 Å². The van der Waals surface area contributed by atoms with Crippen LogP contribution in [-0.4, -0.2) is 34.0 Å². The van der Waals surface area contributed by atoms with Crippen molar-refractivity contribution in [3.63, 3.8) is 0 Å². The van der Waals surface area contributed by atoms with Gasteiger partial charge in [-0.05, 0) is 13.3 Å². The van der Waals surface area contributed by atoms with E-state index >= 15 is 0 Å². The second-order valence-corrected chi connectivity index (χ2v) is 3.69. The van der Waals surface area contributed by atoms with Crippen molar-refractivity contribution in [3.05, 3.63) is 0 Å². The van der Waals surface area contributed by atoms with Crippen LogP contribution in [0.3, 0.4) is 0 Å². The number of ether oxygens (including phenoxy) is 1. The zero-order valence-corrected chi connectivity index (χ0v) is 9.61. The number of hydrogen-bond acceptors (Lipinski definition) is 3. The van der Waals surface area contributed by atoms with E-state index in [-0.39, 0.29) is 11.9 Å². The van der Waals surface area contributed by atoms with E-state index in [9.17, 15) is 9.59 Å². The molecular weight excluding hydrogens is 285 g/mol. The highest BCUT2D eigenvalue weighted by Gasteiger charge is 2.35. The largest absolute Gasteiger partial charge is 0.449 e. The van der Waals surface area contributed by atoms with E-state index in [4.69, 9.17) is 4.74 Å². The minimum atomic E-state index is -0.494. The summed E-state index contributed by atoms with van der Waals surface area (Å²) in [5.41, 5.74) is 0. The Bertz CT molecular complexity index is 219. The van der Waals surface area contributed by atoms with Gasteiger partial charge in [0.25, 0.3) is 0 Å². The third kappa shape index (κ3) is 2.32. The lowest BCUT2D eigenvalue weighted by Crippen LogP contribution is -2.39. The van der Waals surface area contributed by atoms with Crippen LogP contribution in [0.25, 0.3) is 0 Å². The molecule has 5 heteroatoms. The summed E-state index contributed by atoms with van der Waals surface area (Å²) in [4.78, 5) is 23.8. The lowest BCUT2D eigenvalue weighted by atomic mass is 10.2. The van der Waals surface area contributed by atoms with E-state index in [1.165, 1.54) is 4.90 Å². The molecular formula is C8H12INO3. The summed E-state index contributed by atoms with van der Waals surface area (Å²) in [6.45, 7) is 2.05. The van der Waals surface area contributed by atoms with Crippen molar-refractivity contribution in [1.29, 1.82) is 0 Å². The predicted octanol–water partition coefficient (Wildman–Crippen LogP) is 1.57. The van der Waals surface area contributed by atoms with E-state index < -0.39 is 6.09 Å². The predicted molar refractivity (Wildman–Crippen MR) is 55.8 cm³/mol. The average Bonchev–Trinajstić information content (AvgIpc) is 2.47. The first kappa shape index (κ1) is 10.7. The number of halogens is 1. The van der Waals surface area contributed by atoms with Crippen molar-refractivity contribution in [1.82, 2.24) is 4.90 Å². The van der Waals surface area contributed by atoms with Gasteiger partial charge in [-0.2, -0.15) is 0 Å². The van der Waals surface area contributed by atoms with Gasteiger partial charge in [-0.25, -0.2) is 9.69 Å². The fraction of sp³-hybridized carbons (Fsp3) is 0.750. The number of imide groups is 1. The quantitative estimate of drug-likeness (QED) is 0.574. The summed E-state index contributed by atoms with van der Waals surface area (Å²) in [5.74, 6) is -0.111. The number of amides is 2. The molecule has 0 aromatic heterocycles. The number of carbonyl (C=O) groups excluding carboxylic acids is 2. The Hall–Kier alpha value is -0.330. The van der Waals surface area contributed by atoms with E-state index in [2.05, 4.69) is 22.6 Å². The van der Waals surface area contributed by atoms with Gasteiger partial charge in [0.15, 0.2) is 0 Å². The van der Waals surface area contributed by atoms with Crippen molar-refractivity contribution in [3.8, 4) is 0 Å². The number of alkyl halides is 1. The van der Waals surface area contributed by atoms with Crippen LogP contribution >= 0.6 is 22.6 Å². The van der Waals surface area contributed by atoms with Crippen LogP contribution in [0.2, 0.25) is 0 Å². The van der Waals surface area contributed by atoms with Crippen molar-refractivity contribution in [2.75, 3.05) is 11.0 Å². The topological polar surface area (TPSA) is 46.6 Å². The first-order valence-corrected chi connectivity index (χ1v) is 5.78. The molecule has 1 aliphatic heterocycles. The fourth-order valence-electron chi connectivity index (χ4n) is 1.33. The highest BCUT2D eigenvalue weighted by molar-refractivity contribution is 14.1. The Balaban J connectivity index is 2.63. The van der Waals surface area contributed by atoms with Gasteiger partial charge in [-0.3, -0.25) is 4.79 Å². The molecule has 74 valence electrons. The van der Waals surface area contributed by atoms with Crippen LogP contribution in [0, 0.1) is 0 Å². The minimum Gasteiger partial charge on any atom is -0.449 e. The summed E-state index contributed by atoms with van der Waals surface area (Å²) in [5, 5.41) is 0. The van der Waals surface area contributed by atoms with Crippen LogP contribution in [0.15, 0.2) is 0 Å². The molecule has 13 heavy (non-hydrogen) atoms. The van der Waals surface area contributed by atoms with Gasteiger partial charge >= 0.3 is 6.09 Å². The number of carbonyl (C=O) groups is 2. The van der Waals surface area contributed by atoms with Gasteiger partial charge in [0.1, 0.15) is 0 Å². The Morgan fingerprint density at radius 3 is 3.00 bits per heavy atom. The van der Waals surface area contributed by atoms with Gasteiger partial charge in [0, 0.05) is 10.8 Å². The third-order valence-electron chi connectivity index (χ3n) is 1.97. The van der Waals surface area contributed by atoms with Crippen LogP contribution in [0.5, 0.6) is 0 Å². The molecule has 0 aliphatic carbocycles. The maximum absolute atomic E-state index is 11.3. The number of likely N-dealkylation sites (tertiary alicyclic amines) is 1. The minimum absolute atomic E-state index is 0.0344. The highest BCUT2D eigenvalue weighted by atomic mass is 127. The summed E-state index contributed by atoms with van der Waals surface area (Å²) in [6, 6.07) is 0.0344. The summed E-state index contributed by atoms with van der Waals surface area (Å²) >= 11 is 2.17. The van der Waals surface area contributed by atoms with Gasteiger partial charge < -0.3 is 4.74 Å². The third-order valence-corrected chi connectivity index (χ3v) is 2.98. The zero-order chi connectivity index (χ0) is 9.84. The van der Waals surface area contributed by atoms with Crippen molar-refractivity contribution >= 4 is 34.6 Å². The molecule has 4 nitrogen and oxygen atoms in total. The first-order valence-electron chi connectivity index (χ1n) is 4.25. The number of nitrogens with zero attached hydrogens (tertiary/aromatic N) is 1. The molecule has 1 atom stereocenters. The molecule has 1 aliphatic rings. The maximum atomic E-state index is 11.3.